The number of hydrogen-bond acceptors (Lipinski definition) is 9. The second-order valence-corrected chi connectivity index (χ2v) is 8.95. The third-order valence-electron chi connectivity index (χ3n) is 4.60. The number of thiazole rings is 2. The lowest BCUT2D eigenvalue weighted by atomic mass is 10.1. The molecule has 5 N–H and O–H groups in total. The Labute approximate surface area is 197 Å². The van der Waals surface area contributed by atoms with Crippen molar-refractivity contribution in [3.63, 3.8) is 0 Å². The first-order valence-corrected chi connectivity index (χ1v) is 11.6. The van der Waals surface area contributed by atoms with E-state index in [-0.39, 0.29) is 16.4 Å². The topological polar surface area (TPSA) is 162 Å². The van der Waals surface area contributed by atoms with Crippen LogP contribution in [0.25, 0.3) is 10.6 Å². The van der Waals surface area contributed by atoms with E-state index in [0.29, 0.717) is 5.01 Å². The van der Waals surface area contributed by atoms with Crippen LogP contribution in [-0.4, -0.2) is 61.3 Å². The van der Waals surface area contributed by atoms with Crippen LogP contribution in [0.2, 0.25) is 0 Å². The largest absolute Gasteiger partial charge is 0.476 e. The van der Waals surface area contributed by atoms with Gasteiger partial charge >= 0.3 is 5.97 Å². The molecule has 3 rings (SSSR count). The third kappa shape index (κ3) is 5.99. The average molecular weight is 491 g/mol. The molecule has 33 heavy (non-hydrogen) atoms. The predicted octanol–water partition coefficient (Wildman–Crippen LogP) is 1.68. The van der Waals surface area contributed by atoms with Gasteiger partial charge in [-0.2, -0.15) is 0 Å². The van der Waals surface area contributed by atoms with Crippen LogP contribution in [0.1, 0.15) is 45.9 Å². The first-order valence-electron chi connectivity index (χ1n) is 9.84. The number of nitrogens with zero attached hydrogens (tertiary/aromatic N) is 2. The number of hydrogen-bond donors (Lipinski definition) is 5. The summed E-state index contributed by atoms with van der Waals surface area (Å²) in [6.45, 7) is 2.74. The normalized spacial score (nSPS) is 14.7. The summed E-state index contributed by atoms with van der Waals surface area (Å²) in [4.78, 5) is 44.8. The fraction of sp³-hybridized carbons (Fsp3) is 0.286. The molecule has 0 aliphatic carbocycles. The van der Waals surface area contributed by atoms with Crippen molar-refractivity contribution in [1.82, 2.24) is 20.6 Å². The van der Waals surface area contributed by atoms with E-state index in [4.69, 9.17) is 5.11 Å². The fourth-order valence-corrected chi connectivity index (χ4v) is 4.62. The number of nitrogens with one attached hydrogen (secondary N) is 2. The molecule has 0 unspecified atom stereocenters. The number of carboxylic acids is 1. The lowest BCUT2D eigenvalue weighted by Crippen LogP contribution is -2.54. The molecule has 2 heterocycles. The highest BCUT2D eigenvalue weighted by atomic mass is 32.1. The van der Waals surface area contributed by atoms with Crippen LogP contribution in [-0.2, 0) is 4.79 Å². The van der Waals surface area contributed by atoms with Crippen molar-refractivity contribution >= 4 is 40.5 Å². The van der Waals surface area contributed by atoms with E-state index in [9.17, 15) is 24.6 Å². The molecule has 0 radical (unpaired) electrons. The summed E-state index contributed by atoms with van der Waals surface area (Å²) in [5, 5.41) is 37.9. The highest BCUT2D eigenvalue weighted by molar-refractivity contribution is 7.13. The number of aromatic nitrogens is 2. The minimum Gasteiger partial charge on any atom is -0.476 e. The van der Waals surface area contributed by atoms with Gasteiger partial charge in [0, 0.05) is 16.3 Å². The van der Waals surface area contributed by atoms with E-state index < -0.39 is 42.1 Å². The van der Waals surface area contributed by atoms with Gasteiger partial charge in [-0.15, -0.1) is 22.7 Å². The van der Waals surface area contributed by atoms with Gasteiger partial charge in [0.15, 0.2) is 5.69 Å². The summed E-state index contributed by atoms with van der Waals surface area (Å²) in [5.41, 5.74) is 0.721. The summed E-state index contributed by atoms with van der Waals surface area (Å²) in [7, 11) is 0. The molecule has 0 saturated heterocycles. The Morgan fingerprint density at radius 2 is 1.58 bits per heavy atom. The molecule has 0 fully saturated rings. The van der Waals surface area contributed by atoms with Gasteiger partial charge in [-0.25, -0.2) is 14.8 Å². The van der Waals surface area contributed by atoms with Gasteiger partial charge in [0.2, 0.25) is 5.91 Å². The maximum absolute atomic E-state index is 12.9. The number of carboxylic acid groups (broad SMARTS) is 1. The fourth-order valence-electron chi connectivity index (χ4n) is 2.87. The minimum atomic E-state index is -1.35. The van der Waals surface area contributed by atoms with Crippen molar-refractivity contribution in [1.29, 1.82) is 0 Å². The van der Waals surface area contributed by atoms with Crippen molar-refractivity contribution in [3.05, 3.63) is 57.5 Å². The summed E-state index contributed by atoms with van der Waals surface area (Å²) in [6, 6.07) is 6.91. The highest BCUT2D eigenvalue weighted by Crippen LogP contribution is 2.24. The summed E-state index contributed by atoms with van der Waals surface area (Å²) in [6.07, 6.45) is -2.37. The molecule has 0 aliphatic rings. The molecule has 0 saturated carbocycles. The number of aromatic carboxylic acids is 1. The van der Waals surface area contributed by atoms with E-state index in [1.165, 1.54) is 30.6 Å². The van der Waals surface area contributed by atoms with E-state index in [1.54, 1.807) is 5.38 Å². The second-order valence-electron chi connectivity index (χ2n) is 7.20. The number of aliphatic hydroxyl groups is 2. The van der Waals surface area contributed by atoms with Crippen LogP contribution in [0.3, 0.4) is 0 Å². The smallest absolute Gasteiger partial charge is 0.355 e. The lowest BCUT2D eigenvalue weighted by Gasteiger charge is -2.25. The highest BCUT2D eigenvalue weighted by Gasteiger charge is 2.31. The SMILES string of the molecule is C[C@@H](O)[C@H](NC(=O)c1csc(-c2ccccc2)n1)C(=O)N[C@H](c1nc(C(=O)O)cs1)[C@@H](C)O. The van der Waals surface area contributed by atoms with Crippen molar-refractivity contribution in [2.24, 2.45) is 0 Å². The molecule has 12 heteroatoms. The molecular weight excluding hydrogens is 468 g/mol. The van der Waals surface area contributed by atoms with Gasteiger partial charge < -0.3 is 26.0 Å². The molecule has 3 aromatic rings. The predicted molar refractivity (Wildman–Crippen MR) is 122 cm³/mol. The van der Waals surface area contributed by atoms with Crippen molar-refractivity contribution in [2.45, 2.75) is 38.1 Å². The monoisotopic (exact) mass is 490 g/mol. The first kappa shape index (κ1) is 24.5. The summed E-state index contributed by atoms with van der Waals surface area (Å²) < 4.78 is 0. The molecule has 2 aromatic heterocycles. The van der Waals surface area contributed by atoms with E-state index in [2.05, 4.69) is 20.6 Å². The van der Waals surface area contributed by atoms with Crippen LogP contribution >= 0.6 is 22.7 Å². The average Bonchev–Trinajstić information content (AvgIpc) is 3.46. The van der Waals surface area contributed by atoms with Gasteiger partial charge in [-0.3, -0.25) is 9.59 Å². The number of benzene rings is 1. The van der Waals surface area contributed by atoms with Crippen LogP contribution in [0, 0.1) is 0 Å². The molecule has 1 aromatic carbocycles. The zero-order valence-electron chi connectivity index (χ0n) is 17.6. The molecule has 0 aliphatic heterocycles. The van der Waals surface area contributed by atoms with Crippen molar-refractivity contribution in [3.8, 4) is 10.6 Å². The zero-order valence-corrected chi connectivity index (χ0v) is 19.3. The molecule has 2 amide bonds. The molecular formula is C21H22N4O6S2. The van der Waals surface area contributed by atoms with Gasteiger partial charge in [0.1, 0.15) is 27.8 Å². The molecule has 0 spiro atoms. The first-order chi connectivity index (χ1) is 15.7. The zero-order chi connectivity index (χ0) is 24.1. The number of carbonyl (C=O) groups is 3. The number of carbonyl (C=O) groups excluding carboxylic acids is 2. The van der Waals surface area contributed by atoms with Gasteiger partial charge in [-0.1, -0.05) is 30.3 Å². The number of aliphatic hydroxyl groups excluding tert-OH is 2. The van der Waals surface area contributed by atoms with Crippen molar-refractivity contribution in [2.75, 3.05) is 0 Å². The lowest BCUT2D eigenvalue weighted by molar-refractivity contribution is -0.126. The van der Waals surface area contributed by atoms with E-state index in [1.807, 2.05) is 30.3 Å². The van der Waals surface area contributed by atoms with Crippen LogP contribution in [0.15, 0.2) is 41.1 Å². The summed E-state index contributed by atoms with van der Waals surface area (Å²) in [5.74, 6) is -2.65. The van der Waals surface area contributed by atoms with Crippen LogP contribution in [0.5, 0.6) is 0 Å². The Bertz CT molecular complexity index is 1130. The van der Waals surface area contributed by atoms with Crippen LogP contribution in [0.4, 0.5) is 0 Å². The Morgan fingerprint density at radius 3 is 2.15 bits per heavy atom. The van der Waals surface area contributed by atoms with E-state index in [0.717, 1.165) is 16.9 Å². The van der Waals surface area contributed by atoms with Gasteiger partial charge in [0.25, 0.3) is 5.91 Å². The maximum Gasteiger partial charge on any atom is 0.355 e. The molecule has 10 nitrogen and oxygen atoms in total. The molecule has 174 valence electrons. The second kappa shape index (κ2) is 10.6. The molecule has 4 atom stereocenters. The third-order valence-corrected chi connectivity index (χ3v) is 6.42. The minimum absolute atomic E-state index is 0.0930. The van der Waals surface area contributed by atoms with Gasteiger partial charge in [0.05, 0.1) is 12.2 Å². The standard InChI is InChI=1S/C21H22N4O6S2/c1-10(26)15(18(29)25-16(11(2)27)20-23-14(9-33-20)21(30)31)24-17(28)13-8-32-19(22-13)12-6-4-3-5-7-12/h3-11,15-16,26-27H,1-2H3,(H,24,28)(H,25,29)(H,30,31)/t10-,11-,15+,16+/m1/s1. The Kier molecular flexibility index (Phi) is 7.87. The number of amides is 2. The van der Waals surface area contributed by atoms with Gasteiger partial charge in [-0.05, 0) is 13.8 Å². The summed E-state index contributed by atoms with van der Waals surface area (Å²) >= 11 is 2.23. The number of rotatable bonds is 9. The maximum atomic E-state index is 12.9. The van der Waals surface area contributed by atoms with E-state index >= 15 is 0 Å². The molecule has 0 bridgehead atoms. The van der Waals surface area contributed by atoms with Crippen molar-refractivity contribution < 1.29 is 29.7 Å². The Hall–Kier alpha value is -3.19. The Balaban J connectivity index is 1.73. The quantitative estimate of drug-likeness (QED) is 0.303. The van der Waals surface area contributed by atoms with Crippen LogP contribution < -0.4 is 10.6 Å². The Morgan fingerprint density at radius 1 is 0.909 bits per heavy atom.